The molecular formula is C20H20ClNO4S. The van der Waals surface area contributed by atoms with Crippen LogP contribution in [0.15, 0.2) is 42.5 Å². The number of hydrogen-bond acceptors (Lipinski definition) is 5. The SMILES string of the molecule is COC(=O)CN(C(=O)CSC(=O)c1ccccc1)c1c(C)ccc(Cl)c1C. The van der Waals surface area contributed by atoms with Crippen LogP contribution in [0, 0.1) is 13.8 Å². The summed E-state index contributed by atoms with van der Waals surface area (Å²) in [7, 11) is 1.26. The second-order valence-corrected chi connectivity index (χ2v) is 7.19. The summed E-state index contributed by atoms with van der Waals surface area (Å²) in [6.45, 7) is 3.36. The number of esters is 1. The Hall–Kier alpha value is -2.31. The van der Waals surface area contributed by atoms with E-state index >= 15 is 0 Å². The summed E-state index contributed by atoms with van der Waals surface area (Å²) < 4.78 is 4.72. The number of carbonyl (C=O) groups excluding carboxylic acids is 3. The average Bonchev–Trinajstić information content (AvgIpc) is 2.68. The first-order valence-corrected chi connectivity index (χ1v) is 9.56. The highest BCUT2D eigenvalue weighted by Crippen LogP contribution is 2.31. The molecule has 0 radical (unpaired) electrons. The first-order chi connectivity index (χ1) is 12.8. The Morgan fingerprint density at radius 1 is 1.07 bits per heavy atom. The molecule has 0 aliphatic rings. The molecule has 0 atom stereocenters. The van der Waals surface area contributed by atoms with E-state index in [1.54, 1.807) is 43.3 Å². The zero-order valence-corrected chi connectivity index (χ0v) is 16.9. The van der Waals surface area contributed by atoms with Gasteiger partial charge in [-0.2, -0.15) is 0 Å². The Bertz CT molecular complexity index is 855. The van der Waals surface area contributed by atoms with Crippen molar-refractivity contribution in [2.75, 3.05) is 24.3 Å². The highest BCUT2D eigenvalue weighted by Gasteiger charge is 2.24. The zero-order valence-electron chi connectivity index (χ0n) is 15.3. The minimum Gasteiger partial charge on any atom is -0.468 e. The Kier molecular flexibility index (Phi) is 7.45. The van der Waals surface area contributed by atoms with Crippen LogP contribution in [0.25, 0.3) is 0 Å². The monoisotopic (exact) mass is 405 g/mol. The van der Waals surface area contributed by atoms with Gasteiger partial charge in [0.15, 0.2) is 0 Å². The molecule has 0 saturated carbocycles. The fourth-order valence-corrected chi connectivity index (χ4v) is 3.44. The quantitative estimate of drug-likeness (QED) is 0.679. The third kappa shape index (κ3) is 5.34. The maximum absolute atomic E-state index is 12.8. The summed E-state index contributed by atoms with van der Waals surface area (Å²) in [6, 6.07) is 12.2. The van der Waals surface area contributed by atoms with Gasteiger partial charge in [0.25, 0.3) is 0 Å². The fourth-order valence-electron chi connectivity index (χ4n) is 2.57. The van der Waals surface area contributed by atoms with Crippen LogP contribution < -0.4 is 4.90 Å². The number of amides is 1. The fraction of sp³-hybridized carbons (Fsp3) is 0.250. The molecule has 0 N–H and O–H groups in total. The van der Waals surface area contributed by atoms with Crippen molar-refractivity contribution in [3.05, 3.63) is 64.2 Å². The highest BCUT2D eigenvalue weighted by atomic mass is 35.5. The largest absolute Gasteiger partial charge is 0.468 e. The molecule has 142 valence electrons. The molecule has 2 aromatic carbocycles. The lowest BCUT2D eigenvalue weighted by Crippen LogP contribution is -2.38. The molecule has 2 aromatic rings. The summed E-state index contributed by atoms with van der Waals surface area (Å²) >= 11 is 7.10. The Morgan fingerprint density at radius 3 is 2.37 bits per heavy atom. The average molecular weight is 406 g/mol. The molecule has 0 heterocycles. The molecule has 27 heavy (non-hydrogen) atoms. The molecule has 0 aliphatic heterocycles. The molecule has 0 aromatic heterocycles. The first kappa shape index (κ1) is 21.0. The van der Waals surface area contributed by atoms with Crippen LogP contribution in [-0.2, 0) is 14.3 Å². The van der Waals surface area contributed by atoms with Gasteiger partial charge in [0.2, 0.25) is 11.0 Å². The molecule has 0 aliphatic carbocycles. The number of thioether (sulfide) groups is 1. The summed E-state index contributed by atoms with van der Waals surface area (Å²) in [5, 5.41) is 0.285. The standard InChI is InChI=1S/C20H20ClNO4S/c1-13-9-10-16(21)14(2)19(13)22(11-18(24)26-3)17(23)12-27-20(25)15-7-5-4-6-8-15/h4-10H,11-12H2,1-3H3. The Balaban J connectivity index is 2.24. The van der Waals surface area contributed by atoms with Crippen LogP contribution in [0.3, 0.4) is 0 Å². The number of halogens is 1. The van der Waals surface area contributed by atoms with E-state index in [-0.39, 0.29) is 23.3 Å². The number of benzene rings is 2. The molecule has 0 spiro atoms. The zero-order chi connectivity index (χ0) is 20.0. The van der Waals surface area contributed by atoms with Gasteiger partial charge in [-0.3, -0.25) is 19.3 Å². The maximum atomic E-state index is 12.8. The van der Waals surface area contributed by atoms with Gasteiger partial charge in [0.1, 0.15) is 6.54 Å². The number of methoxy groups -OCH3 is 1. The van der Waals surface area contributed by atoms with Crippen LogP contribution in [0.5, 0.6) is 0 Å². The van der Waals surface area contributed by atoms with Gasteiger partial charge in [-0.05, 0) is 31.0 Å². The number of hydrogen-bond donors (Lipinski definition) is 0. The third-order valence-electron chi connectivity index (χ3n) is 3.99. The molecule has 5 nitrogen and oxygen atoms in total. The van der Waals surface area contributed by atoms with E-state index in [1.807, 2.05) is 13.0 Å². The van der Waals surface area contributed by atoms with Gasteiger partial charge < -0.3 is 4.74 Å². The van der Waals surface area contributed by atoms with Crippen molar-refractivity contribution in [2.45, 2.75) is 13.8 Å². The minimum absolute atomic E-state index is 0.101. The summed E-state index contributed by atoms with van der Waals surface area (Å²) in [5.41, 5.74) is 2.57. The summed E-state index contributed by atoms with van der Waals surface area (Å²) in [6.07, 6.45) is 0. The Morgan fingerprint density at radius 2 is 1.74 bits per heavy atom. The van der Waals surface area contributed by atoms with Crippen molar-refractivity contribution in [1.82, 2.24) is 0 Å². The van der Waals surface area contributed by atoms with Crippen molar-refractivity contribution >= 4 is 46.0 Å². The number of aryl methyl sites for hydroxylation is 1. The number of nitrogens with zero attached hydrogens (tertiary/aromatic N) is 1. The van der Waals surface area contributed by atoms with Crippen molar-refractivity contribution in [2.24, 2.45) is 0 Å². The third-order valence-corrected chi connectivity index (χ3v) is 5.29. The van der Waals surface area contributed by atoms with Gasteiger partial charge in [0.05, 0.1) is 18.6 Å². The Labute approximate surface area is 167 Å². The topological polar surface area (TPSA) is 63.7 Å². The van der Waals surface area contributed by atoms with E-state index in [0.717, 1.165) is 17.3 Å². The van der Waals surface area contributed by atoms with Gasteiger partial charge in [-0.25, -0.2) is 0 Å². The second kappa shape index (κ2) is 9.58. The smallest absolute Gasteiger partial charge is 0.325 e. The van der Waals surface area contributed by atoms with Crippen LogP contribution in [-0.4, -0.2) is 36.4 Å². The van der Waals surface area contributed by atoms with E-state index in [1.165, 1.54) is 12.0 Å². The number of carbonyl (C=O) groups is 3. The van der Waals surface area contributed by atoms with Crippen LogP contribution >= 0.6 is 23.4 Å². The number of ether oxygens (including phenoxy) is 1. The van der Waals surface area contributed by atoms with Gasteiger partial charge in [-0.15, -0.1) is 0 Å². The van der Waals surface area contributed by atoms with E-state index in [4.69, 9.17) is 16.3 Å². The molecule has 0 unspecified atom stereocenters. The molecule has 0 bridgehead atoms. The van der Waals surface area contributed by atoms with E-state index in [9.17, 15) is 14.4 Å². The van der Waals surface area contributed by atoms with Crippen LogP contribution in [0.4, 0.5) is 5.69 Å². The van der Waals surface area contributed by atoms with E-state index in [0.29, 0.717) is 21.8 Å². The van der Waals surface area contributed by atoms with Crippen LogP contribution in [0.2, 0.25) is 5.02 Å². The second-order valence-electron chi connectivity index (χ2n) is 5.84. The highest BCUT2D eigenvalue weighted by molar-refractivity contribution is 8.14. The minimum atomic E-state index is -0.554. The predicted octanol–water partition coefficient (Wildman–Crippen LogP) is 4.04. The van der Waals surface area contributed by atoms with E-state index < -0.39 is 5.97 Å². The summed E-state index contributed by atoms with van der Waals surface area (Å²) in [5.74, 6) is -1.03. The van der Waals surface area contributed by atoms with Crippen molar-refractivity contribution in [3.8, 4) is 0 Å². The van der Waals surface area contributed by atoms with Gasteiger partial charge in [0, 0.05) is 10.6 Å². The van der Waals surface area contributed by atoms with Gasteiger partial charge in [-0.1, -0.05) is 59.8 Å². The molecule has 2 rings (SSSR count). The van der Waals surface area contributed by atoms with Crippen molar-refractivity contribution in [3.63, 3.8) is 0 Å². The first-order valence-electron chi connectivity index (χ1n) is 8.20. The molecule has 7 heteroatoms. The van der Waals surface area contributed by atoms with Gasteiger partial charge >= 0.3 is 5.97 Å². The lowest BCUT2D eigenvalue weighted by Gasteiger charge is -2.25. The lowest BCUT2D eigenvalue weighted by atomic mass is 10.1. The molecular weight excluding hydrogens is 386 g/mol. The lowest BCUT2D eigenvalue weighted by molar-refractivity contribution is -0.139. The molecule has 0 fully saturated rings. The summed E-state index contributed by atoms with van der Waals surface area (Å²) in [4.78, 5) is 38.3. The normalized spacial score (nSPS) is 10.4. The molecule has 0 saturated heterocycles. The molecule has 1 amide bonds. The van der Waals surface area contributed by atoms with Crippen LogP contribution in [0.1, 0.15) is 21.5 Å². The number of anilines is 1. The van der Waals surface area contributed by atoms with E-state index in [2.05, 4.69) is 0 Å². The van der Waals surface area contributed by atoms with Crippen molar-refractivity contribution in [1.29, 1.82) is 0 Å². The maximum Gasteiger partial charge on any atom is 0.325 e. The van der Waals surface area contributed by atoms with Crippen molar-refractivity contribution < 1.29 is 19.1 Å². The number of rotatable bonds is 6. The predicted molar refractivity (Wildman–Crippen MR) is 109 cm³/mol.